The Morgan fingerprint density at radius 3 is 2.38 bits per heavy atom. The van der Waals surface area contributed by atoms with Gasteiger partial charge >= 0.3 is 0 Å². The van der Waals surface area contributed by atoms with Gasteiger partial charge in [-0.15, -0.1) is 0 Å². The molecule has 16 heavy (non-hydrogen) atoms. The van der Waals surface area contributed by atoms with E-state index in [1.54, 1.807) is 0 Å². The summed E-state index contributed by atoms with van der Waals surface area (Å²) >= 11 is 0. The zero-order chi connectivity index (χ0) is 11.4. The van der Waals surface area contributed by atoms with Crippen molar-refractivity contribution in [2.45, 2.75) is 20.5 Å². The average Bonchev–Trinajstić information content (AvgIpc) is 2.32. The Balaban J connectivity index is 2.08. The lowest BCUT2D eigenvalue weighted by Crippen LogP contribution is -1.97. The Morgan fingerprint density at radius 1 is 0.875 bits per heavy atom. The molecule has 0 amide bonds. The lowest BCUT2D eigenvalue weighted by atomic mass is 10.1. The normalized spacial score (nSPS) is 10.1. The maximum Gasteiger partial charge on any atom is 0.122 e. The molecule has 0 bridgehead atoms. The van der Waals surface area contributed by atoms with Crippen LogP contribution in [-0.4, -0.2) is 0 Å². The summed E-state index contributed by atoms with van der Waals surface area (Å²) in [5.41, 5.74) is 3.69. The van der Waals surface area contributed by atoms with E-state index >= 15 is 0 Å². The van der Waals surface area contributed by atoms with Crippen LogP contribution < -0.4 is 4.74 Å². The van der Waals surface area contributed by atoms with Crippen LogP contribution in [0.25, 0.3) is 0 Å². The van der Waals surface area contributed by atoms with Crippen LogP contribution >= 0.6 is 0 Å². The number of aryl methyl sites for hydroxylation is 1. The summed E-state index contributed by atoms with van der Waals surface area (Å²) in [7, 11) is 0. The number of hydrogen-bond acceptors (Lipinski definition) is 1. The first-order chi connectivity index (χ1) is 7.77. The van der Waals surface area contributed by atoms with Gasteiger partial charge < -0.3 is 4.74 Å². The van der Waals surface area contributed by atoms with Crippen molar-refractivity contribution in [1.82, 2.24) is 0 Å². The van der Waals surface area contributed by atoms with Gasteiger partial charge in [0.05, 0.1) is 0 Å². The van der Waals surface area contributed by atoms with Crippen LogP contribution in [0.3, 0.4) is 0 Å². The van der Waals surface area contributed by atoms with E-state index in [9.17, 15) is 0 Å². The second-order valence-electron chi connectivity index (χ2n) is 3.97. The first-order valence-corrected chi connectivity index (χ1v) is 5.50. The van der Waals surface area contributed by atoms with Crippen LogP contribution in [0.5, 0.6) is 5.75 Å². The van der Waals surface area contributed by atoms with E-state index in [1.165, 1.54) is 16.7 Å². The van der Waals surface area contributed by atoms with Gasteiger partial charge in [-0.3, -0.25) is 0 Å². The van der Waals surface area contributed by atoms with Crippen LogP contribution in [0.2, 0.25) is 0 Å². The largest absolute Gasteiger partial charge is 0.489 e. The standard InChI is InChI=1S/C15H16O/c1-12-7-6-10-15(13(12)2)16-11-14-8-4-3-5-9-14/h3-10H,11H2,1-2H3. The highest BCUT2D eigenvalue weighted by Crippen LogP contribution is 2.21. The molecule has 0 N–H and O–H groups in total. The fraction of sp³-hybridized carbons (Fsp3) is 0.200. The molecule has 0 aromatic heterocycles. The first-order valence-electron chi connectivity index (χ1n) is 5.50. The summed E-state index contributed by atoms with van der Waals surface area (Å²) in [5, 5.41) is 0. The number of hydrogen-bond donors (Lipinski definition) is 0. The fourth-order valence-corrected chi connectivity index (χ4v) is 1.62. The van der Waals surface area contributed by atoms with E-state index in [1.807, 2.05) is 30.3 Å². The Morgan fingerprint density at radius 2 is 1.62 bits per heavy atom. The molecule has 82 valence electrons. The van der Waals surface area contributed by atoms with Gasteiger partial charge in [-0.05, 0) is 36.6 Å². The summed E-state index contributed by atoms with van der Waals surface area (Å²) in [5.74, 6) is 0.976. The van der Waals surface area contributed by atoms with Gasteiger partial charge in [0.15, 0.2) is 0 Å². The Labute approximate surface area is 96.7 Å². The van der Waals surface area contributed by atoms with Gasteiger partial charge in [0, 0.05) is 0 Å². The maximum atomic E-state index is 5.80. The van der Waals surface area contributed by atoms with E-state index in [2.05, 4.69) is 32.0 Å². The van der Waals surface area contributed by atoms with Crippen molar-refractivity contribution < 1.29 is 4.74 Å². The number of benzene rings is 2. The zero-order valence-corrected chi connectivity index (χ0v) is 9.73. The molecule has 0 heterocycles. The smallest absolute Gasteiger partial charge is 0.122 e. The third kappa shape index (κ3) is 2.43. The highest BCUT2D eigenvalue weighted by molar-refractivity contribution is 5.38. The Hall–Kier alpha value is -1.76. The number of ether oxygens (including phenoxy) is 1. The molecule has 0 aliphatic heterocycles. The van der Waals surface area contributed by atoms with Gasteiger partial charge in [0.2, 0.25) is 0 Å². The summed E-state index contributed by atoms with van der Waals surface area (Å²) < 4.78 is 5.80. The minimum Gasteiger partial charge on any atom is -0.489 e. The molecule has 2 rings (SSSR count). The fourth-order valence-electron chi connectivity index (χ4n) is 1.62. The lowest BCUT2D eigenvalue weighted by Gasteiger charge is -2.10. The molecule has 0 atom stereocenters. The highest BCUT2D eigenvalue weighted by Gasteiger charge is 2.01. The van der Waals surface area contributed by atoms with Crippen molar-refractivity contribution in [1.29, 1.82) is 0 Å². The van der Waals surface area contributed by atoms with Gasteiger partial charge in [-0.1, -0.05) is 42.5 Å². The molecule has 0 saturated heterocycles. The van der Waals surface area contributed by atoms with E-state index in [0.717, 1.165) is 5.75 Å². The Kier molecular flexibility index (Phi) is 3.25. The Bertz CT molecular complexity index is 460. The van der Waals surface area contributed by atoms with Crippen molar-refractivity contribution >= 4 is 0 Å². The van der Waals surface area contributed by atoms with Gasteiger partial charge in [-0.2, -0.15) is 0 Å². The van der Waals surface area contributed by atoms with Crippen LogP contribution in [0.15, 0.2) is 48.5 Å². The van der Waals surface area contributed by atoms with E-state index in [0.29, 0.717) is 6.61 Å². The molecule has 0 aliphatic rings. The molecule has 1 nitrogen and oxygen atoms in total. The molecule has 0 spiro atoms. The minimum absolute atomic E-state index is 0.630. The van der Waals surface area contributed by atoms with Crippen LogP contribution in [0.1, 0.15) is 16.7 Å². The summed E-state index contributed by atoms with van der Waals surface area (Å²) in [4.78, 5) is 0. The second kappa shape index (κ2) is 4.84. The molecule has 0 saturated carbocycles. The zero-order valence-electron chi connectivity index (χ0n) is 9.73. The average molecular weight is 212 g/mol. The molecule has 0 fully saturated rings. The topological polar surface area (TPSA) is 9.23 Å². The van der Waals surface area contributed by atoms with Crippen molar-refractivity contribution in [2.75, 3.05) is 0 Å². The molecule has 0 radical (unpaired) electrons. The minimum atomic E-state index is 0.630. The molecule has 2 aromatic rings. The van der Waals surface area contributed by atoms with Crippen molar-refractivity contribution in [3.05, 3.63) is 65.2 Å². The first kappa shape index (κ1) is 10.7. The molecular weight excluding hydrogens is 196 g/mol. The second-order valence-corrected chi connectivity index (χ2v) is 3.97. The number of rotatable bonds is 3. The van der Waals surface area contributed by atoms with Gasteiger partial charge in [-0.25, -0.2) is 0 Å². The predicted octanol–water partition coefficient (Wildman–Crippen LogP) is 3.88. The van der Waals surface area contributed by atoms with Crippen LogP contribution in [0.4, 0.5) is 0 Å². The molecule has 0 aliphatic carbocycles. The summed E-state index contributed by atoms with van der Waals surface area (Å²) in [6.07, 6.45) is 0. The van der Waals surface area contributed by atoms with Crippen molar-refractivity contribution in [3.8, 4) is 5.75 Å². The molecule has 2 aromatic carbocycles. The monoisotopic (exact) mass is 212 g/mol. The van der Waals surface area contributed by atoms with Gasteiger partial charge in [0.25, 0.3) is 0 Å². The predicted molar refractivity (Wildman–Crippen MR) is 66.7 cm³/mol. The third-order valence-corrected chi connectivity index (χ3v) is 2.79. The van der Waals surface area contributed by atoms with E-state index in [4.69, 9.17) is 4.74 Å². The quantitative estimate of drug-likeness (QED) is 0.750. The maximum absolute atomic E-state index is 5.80. The third-order valence-electron chi connectivity index (χ3n) is 2.79. The van der Waals surface area contributed by atoms with E-state index < -0.39 is 0 Å². The van der Waals surface area contributed by atoms with Crippen molar-refractivity contribution in [2.24, 2.45) is 0 Å². The van der Waals surface area contributed by atoms with Crippen LogP contribution in [-0.2, 0) is 6.61 Å². The van der Waals surface area contributed by atoms with Gasteiger partial charge in [0.1, 0.15) is 12.4 Å². The lowest BCUT2D eigenvalue weighted by molar-refractivity contribution is 0.304. The highest BCUT2D eigenvalue weighted by atomic mass is 16.5. The van der Waals surface area contributed by atoms with Crippen molar-refractivity contribution in [3.63, 3.8) is 0 Å². The van der Waals surface area contributed by atoms with Crippen LogP contribution in [0, 0.1) is 13.8 Å². The molecule has 1 heteroatoms. The molecular formula is C15H16O. The summed E-state index contributed by atoms with van der Waals surface area (Å²) in [6.45, 7) is 4.82. The summed E-state index contributed by atoms with van der Waals surface area (Å²) in [6, 6.07) is 16.4. The SMILES string of the molecule is Cc1cccc(OCc2ccccc2)c1C. The van der Waals surface area contributed by atoms with E-state index in [-0.39, 0.29) is 0 Å². The molecule has 0 unspecified atom stereocenters.